The maximum Gasteiger partial charge on any atom is 0.236 e. The summed E-state index contributed by atoms with van der Waals surface area (Å²) in [7, 11) is 1.81. The first-order valence-corrected chi connectivity index (χ1v) is 7.43. The zero-order chi connectivity index (χ0) is 14.5. The molecule has 0 aliphatic carbocycles. The Balaban J connectivity index is 0.00000220. The zero-order valence-corrected chi connectivity index (χ0v) is 15.5. The van der Waals surface area contributed by atoms with E-state index >= 15 is 0 Å². The van der Waals surface area contributed by atoms with E-state index < -0.39 is 0 Å². The van der Waals surface area contributed by atoms with E-state index in [2.05, 4.69) is 10.2 Å². The Hall–Kier alpha value is -0.230. The smallest absolute Gasteiger partial charge is 0.236 e. The number of nitrogens with one attached hydrogen (secondary N) is 1. The first-order chi connectivity index (χ1) is 9.56. The van der Waals surface area contributed by atoms with Crippen molar-refractivity contribution in [3.05, 3.63) is 33.8 Å². The van der Waals surface area contributed by atoms with Gasteiger partial charge < -0.3 is 10.2 Å². The van der Waals surface area contributed by atoms with Crippen molar-refractivity contribution >= 4 is 53.9 Å². The summed E-state index contributed by atoms with van der Waals surface area (Å²) < 4.78 is 0. The van der Waals surface area contributed by atoms with E-state index in [0.29, 0.717) is 23.1 Å². The van der Waals surface area contributed by atoms with Gasteiger partial charge in [-0.3, -0.25) is 9.69 Å². The summed E-state index contributed by atoms with van der Waals surface area (Å²) in [6, 6.07) is 5.45. The standard InChI is InChI=1S/C14H19Cl2N3O.2ClH/c1-18(9-11-2-3-12(15)13(16)8-11)14(20)10-19-6-4-17-5-7-19;;/h2-3,8,17H,4-7,9-10H2,1H3;2*1H. The topological polar surface area (TPSA) is 35.6 Å². The SMILES string of the molecule is CN(Cc1ccc(Cl)c(Cl)c1)C(=O)CN1CCNCC1.Cl.Cl. The highest BCUT2D eigenvalue weighted by Crippen LogP contribution is 2.23. The molecule has 0 spiro atoms. The lowest BCUT2D eigenvalue weighted by Gasteiger charge is -2.28. The third-order valence-corrected chi connectivity index (χ3v) is 4.14. The van der Waals surface area contributed by atoms with Gasteiger partial charge in [-0.05, 0) is 17.7 Å². The van der Waals surface area contributed by atoms with Crippen LogP contribution in [0.5, 0.6) is 0 Å². The van der Waals surface area contributed by atoms with Gasteiger partial charge in [0, 0.05) is 39.8 Å². The van der Waals surface area contributed by atoms with Crippen LogP contribution in [0.2, 0.25) is 10.0 Å². The highest BCUT2D eigenvalue weighted by molar-refractivity contribution is 6.42. The molecule has 126 valence electrons. The molecule has 1 aromatic rings. The van der Waals surface area contributed by atoms with Crippen LogP contribution in [0.15, 0.2) is 18.2 Å². The molecule has 8 heteroatoms. The van der Waals surface area contributed by atoms with E-state index in [1.165, 1.54) is 0 Å². The molecule has 1 heterocycles. The van der Waals surface area contributed by atoms with Crippen LogP contribution in [0.25, 0.3) is 0 Å². The van der Waals surface area contributed by atoms with Gasteiger partial charge in [0.25, 0.3) is 0 Å². The van der Waals surface area contributed by atoms with Gasteiger partial charge in [-0.15, -0.1) is 24.8 Å². The molecule has 0 saturated carbocycles. The lowest BCUT2D eigenvalue weighted by Crippen LogP contribution is -2.47. The van der Waals surface area contributed by atoms with Gasteiger partial charge in [-0.1, -0.05) is 29.3 Å². The highest BCUT2D eigenvalue weighted by atomic mass is 35.5. The molecule has 1 fully saturated rings. The monoisotopic (exact) mass is 387 g/mol. The van der Waals surface area contributed by atoms with Crippen molar-refractivity contribution in [1.82, 2.24) is 15.1 Å². The number of amides is 1. The predicted molar refractivity (Wildman–Crippen MR) is 96.7 cm³/mol. The third kappa shape index (κ3) is 6.49. The number of likely N-dealkylation sites (N-methyl/N-ethyl adjacent to an activating group) is 1. The number of rotatable bonds is 4. The molecule has 2 rings (SSSR count). The van der Waals surface area contributed by atoms with Crippen LogP contribution < -0.4 is 5.32 Å². The highest BCUT2D eigenvalue weighted by Gasteiger charge is 2.16. The number of carbonyl (C=O) groups is 1. The fourth-order valence-corrected chi connectivity index (χ4v) is 2.50. The summed E-state index contributed by atoms with van der Waals surface area (Å²) in [5.74, 6) is 0.123. The van der Waals surface area contributed by atoms with Gasteiger partial charge in [0.2, 0.25) is 5.91 Å². The maximum absolute atomic E-state index is 12.2. The first-order valence-electron chi connectivity index (χ1n) is 6.67. The fourth-order valence-electron chi connectivity index (χ4n) is 2.18. The molecular formula is C14H21Cl4N3O. The van der Waals surface area contributed by atoms with Gasteiger partial charge in [-0.2, -0.15) is 0 Å². The maximum atomic E-state index is 12.2. The molecule has 0 unspecified atom stereocenters. The Morgan fingerprint density at radius 2 is 1.86 bits per heavy atom. The average Bonchev–Trinajstić information content (AvgIpc) is 2.44. The van der Waals surface area contributed by atoms with E-state index in [0.717, 1.165) is 31.7 Å². The molecule has 0 atom stereocenters. The molecule has 1 aliphatic rings. The molecule has 4 nitrogen and oxygen atoms in total. The minimum Gasteiger partial charge on any atom is -0.340 e. The second-order valence-corrected chi connectivity index (χ2v) is 5.84. The molecular weight excluding hydrogens is 368 g/mol. The lowest BCUT2D eigenvalue weighted by atomic mass is 10.2. The summed E-state index contributed by atoms with van der Waals surface area (Å²) in [6.07, 6.45) is 0. The number of nitrogens with zero attached hydrogens (tertiary/aromatic N) is 2. The number of halogens is 4. The van der Waals surface area contributed by atoms with Gasteiger partial charge in [0.05, 0.1) is 16.6 Å². The molecule has 1 N–H and O–H groups in total. The number of benzene rings is 1. The molecule has 1 amide bonds. The van der Waals surface area contributed by atoms with Gasteiger partial charge in [-0.25, -0.2) is 0 Å². The summed E-state index contributed by atoms with van der Waals surface area (Å²) in [4.78, 5) is 16.1. The Morgan fingerprint density at radius 3 is 2.45 bits per heavy atom. The fraction of sp³-hybridized carbons (Fsp3) is 0.500. The van der Waals surface area contributed by atoms with E-state index in [1.54, 1.807) is 17.0 Å². The van der Waals surface area contributed by atoms with Crippen LogP contribution >= 0.6 is 48.0 Å². The molecule has 1 aromatic carbocycles. The van der Waals surface area contributed by atoms with Gasteiger partial charge in [0.15, 0.2) is 0 Å². The van der Waals surface area contributed by atoms with E-state index in [9.17, 15) is 4.79 Å². The summed E-state index contributed by atoms with van der Waals surface area (Å²) in [5.41, 5.74) is 0.982. The average molecular weight is 389 g/mol. The Morgan fingerprint density at radius 1 is 1.23 bits per heavy atom. The minimum atomic E-state index is 0. The van der Waals surface area contributed by atoms with Crippen molar-refractivity contribution in [3.63, 3.8) is 0 Å². The predicted octanol–water partition coefficient (Wildman–Crippen LogP) is 2.70. The number of hydrogen-bond acceptors (Lipinski definition) is 3. The van der Waals surface area contributed by atoms with Gasteiger partial charge in [0.1, 0.15) is 0 Å². The zero-order valence-electron chi connectivity index (χ0n) is 12.3. The largest absolute Gasteiger partial charge is 0.340 e. The summed E-state index contributed by atoms with van der Waals surface area (Å²) >= 11 is 11.9. The molecule has 0 aromatic heterocycles. The second-order valence-electron chi connectivity index (χ2n) is 5.02. The van der Waals surface area contributed by atoms with Crippen molar-refractivity contribution in [2.45, 2.75) is 6.54 Å². The summed E-state index contributed by atoms with van der Waals surface area (Å²) in [5, 5.41) is 4.33. The van der Waals surface area contributed by atoms with Crippen LogP contribution in [0.3, 0.4) is 0 Å². The van der Waals surface area contributed by atoms with Crippen LogP contribution in [0.4, 0.5) is 0 Å². The van der Waals surface area contributed by atoms with Crippen molar-refractivity contribution in [2.75, 3.05) is 39.8 Å². The van der Waals surface area contributed by atoms with E-state index in [1.807, 2.05) is 13.1 Å². The van der Waals surface area contributed by atoms with Crippen molar-refractivity contribution in [2.24, 2.45) is 0 Å². The Bertz CT molecular complexity index is 481. The normalized spacial score (nSPS) is 14.7. The molecule has 0 bridgehead atoms. The second kappa shape index (κ2) is 10.5. The first kappa shape index (κ1) is 21.8. The van der Waals surface area contributed by atoms with E-state index in [4.69, 9.17) is 23.2 Å². The number of carbonyl (C=O) groups excluding carboxylic acids is 1. The van der Waals surface area contributed by atoms with Crippen molar-refractivity contribution in [1.29, 1.82) is 0 Å². The van der Waals surface area contributed by atoms with Crippen LogP contribution in [0, 0.1) is 0 Å². The number of hydrogen-bond donors (Lipinski definition) is 1. The molecule has 0 radical (unpaired) electrons. The van der Waals surface area contributed by atoms with Gasteiger partial charge >= 0.3 is 0 Å². The molecule has 22 heavy (non-hydrogen) atoms. The Kier molecular flexibility index (Phi) is 10.4. The molecule has 1 aliphatic heterocycles. The Labute approximate surface area is 153 Å². The van der Waals surface area contributed by atoms with Crippen LogP contribution in [-0.4, -0.2) is 55.5 Å². The number of piperazine rings is 1. The van der Waals surface area contributed by atoms with Crippen LogP contribution in [-0.2, 0) is 11.3 Å². The van der Waals surface area contributed by atoms with Crippen molar-refractivity contribution in [3.8, 4) is 0 Å². The van der Waals surface area contributed by atoms with E-state index in [-0.39, 0.29) is 30.7 Å². The third-order valence-electron chi connectivity index (χ3n) is 3.40. The van der Waals surface area contributed by atoms with Crippen molar-refractivity contribution < 1.29 is 4.79 Å². The minimum absolute atomic E-state index is 0. The summed E-state index contributed by atoms with van der Waals surface area (Å²) in [6.45, 7) is 4.76. The van der Waals surface area contributed by atoms with Crippen LogP contribution in [0.1, 0.15) is 5.56 Å². The molecule has 1 saturated heterocycles. The quantitative estimate of drug-likeness (QED) is 0.861. The lowest BCUT2D eigenvalue weighted by molar-refractivity contribution is -0.131.